The topological polar surface area (TPSA) is 44.8 Å². The van der Waals surface area contributed by atoms with Crippen molar-refractivity contribution in [2.45, 2.75) is 12.8 Å². The molecule has 0 radical (unpaired) electrons. The van der Waals surface area contributed by atoms with E-state index in [1.54, 1.807) is 20.3 Å². The Morgan fingerprint density at radius 1 is 1.28 bits per heavy atom. The average Bonchev–Trinajstić information content (AvgIpc) is 2.92. The van der Waals surface area contributed by atoms with Crippen molar-refractivity contribution in [2.24, 2.45) is 0 Å². The predicted molar refractivity (Wildman–Crippen MR) is 66.9 cm³/mol. The van der Waals surface area contributed by atoms with Crippen molar-refractivity contribution in [2.75, 3.05) is 20.8 Å². The van der Waals surface area contributed by atoms with Crippen LogP contribution >= 0.6 is 0 Å². The Hall–Kier alpha value is -1.97. The lowest BCUT2D eigenvalue weighted by Gasteiger charge is -2.09. The fraction of sp³-hybridized carbons (Fsp3) is 0.357. The molecule has 1 aromatic rings. The highest BCUT2D eigenvalue weighted by Crippen LogP contribution is 2.28. The maximum Gasteiger partial charge on any atom is 0.201 e. The van der Waals surface area contributed by atoms with Crippen molar-refractivity contribution in [1.82, 2.24) is 0 Å². The van der Waals surface area contributed by atoms with Gasteiger partial charge in [-0.3, -0.25) is 4.79 Å². The lowest BCUT2D eigenvalue weighted by molar-refractivity contribution is -0.117. The fourth-order valence-corrected chi connectivity index (χ4v) is 1.88. The van der Waals surface area contributed by atoms with Crippen molar-refractivity contribution in [1.29, 1.82) is 0 Å². The molecule has 0 bridgehead atoms. The van der Waals surface area contributed by atoms with Gasteiger partial charge in [-0.15, -0.1) is 0 Å². The van der Waals surface area contributed by atoms with Crippen molar-refractivity contribution in [3.05, 3.63) is 35.6 Å². The summed E-state index contributed by atoms with van der Waals surface area (Å²) in [6.07, 6.45) is 2.96. The Bertz CT molecular complexity index is 477. The van der Waals surface area contributed by atoms with E-state index < -0.39 is 0 Å². The number of ether oxygens (including phenoxy) is 3. The molecule has 0 saturated heterocycles. The van der Waals surface area contributed by atoms with Gasteiger partial charge in [0, 0.05) is 12.8 Å². The van der Waals surface area contributed by atoms with Crippen molar-refractivity contribution >= 4 is 5.78 Å². The molecule has 0 spiro atoms. The molecule has 1 heterocycles. The maximum atomic E-state index is 11.9. The molecule has 1 aliphatic heterocycles. The Labute approximate surface area is 106 Å². The van der Waals surface area contributed by atoms with Crippen molar-refractivity contribution in [3.8, 4) is 11.5 Å². The Balaban J connectivity index is 2.11. The maximum absolute atomic E-state index is 11.9. The molecule has 0 unspecified atom stereocenters. The molecule has 0 N–H and O–H groups in total. The summed E-state index contributed by atoms with van der Waals surface area (Å²) in [5, 5.41) is 0. The van der Waals surface area contributed by atoms with Gasteiger partial charge in [0.05, 0.1) is 20.8 Å². The normalized spacial score (nSPS) is 13.8. The van der Waals surface area contributed by atoms with Crippen LogP contribution in [0.5, 0.6) is 11.5 Å². The number of Topliss-reactive ketones (excluding diaryl/α,β-unsaturated/α-hetero) is 1. The average molecular weight is 248 g/mol. The summed E-state index contributed by atoms with van der Waals surface area (Å²) in [4.78, 5) is 11.9. The minimum atomic E-state index is -0.000259. The summed E-state index contributed by atoms with van der Waals surface area (Å²) in [6.45, 7) is 0.604. The molecule has 1 aromatic carbocycles. The zero-order valence-electron chi connectivity index (χ0n) is 10.6. The van der Waals surface area contributed by atoms with Gasteiger partial charge in [0.25, 0.3) is 0 Å². The third-order valence-corrected chi connectivity index (χ3v) is 2.79. The summed E-state index contributed by atoms with van der Waals surface area (Å²) in [6, 6.07) is 5.46. The lowest BCUT2D eigenvalue weighted by Crippen LogP contribution is -2.07. The molecule has 4 heteroatoms. The molecule has 2 rings (SSSR count). The molecule has 1 aliphatic rings. The van der Waals surface area contributed by atoms with E-state index in [1.165, 1.54) is 0 Å². The summed E-state index contributed by atoms with van der Waals surface area (Å²) in [7, 11) is 3.16. The lowest BCUT2D eigenvalue weighted by atomic mass is 10.1. The number of benzene rings is 1. The van der Waals surface area contributed by atoms with Gasteiger partial charge in [-0.1, -0.05) is 6.07 Å². The molecular weight excluding hydrogens is 232 g/mol. The number of hydrogen-bond donors (Lipinski definition) is 0. The number of rotatable bonds is 5. The quantitative estimate of drug-likeness (QED) is 0.800. The van der Waals surface area contributed by atoms with E-state index in [1.807, 2.05) is 18.2 Å². The van der Waals surface area contributed by atoms with Gasteiger partial charge in [0.1, 0.15) is 0 Å². The van der Waals surface area contributed by atoms with E-state index in [2.05, 4.69) is 0 Å². The minimum absolute atomic E-state index is 0.000259. The highest BCUT2D eigenvalue weighted by molar-refractivity contribution is 5.95. The predicted octanol–water partition coefficient (Wildman–Crippen LogP) is 2.12. The molecule has 96 valence electrons. The van der Waals surface area contributed by atoms with Gasteiger partial charge in [-0.05, 0) is 23.8 Å². The number of ketones is 1. The first-order valence-electron chi connectivity index (χ1n) is 5.81. The number of methoxy groups -OCH3 is 2. The van der Waals surface area contributed by atoms with E-state index in [0.29, 0.717) is 30.3 Å². The summed E-state index contributed by atoms with van der Waals surface area (Å²) in [5.41, 5.74) is 0.883. The van der Waals surface area contributed by atoms with Gasteiger partial charge in [-0.25, -0.2) is 0 Å². The zero-order chi connectivity index (χ0) is 13.0. The van der Waals surface area contributed by atoms with Gasteiger partial charge >= 0.3 is 0 Å². The first kappa shape index (κ1) is 12.5. The number of carbonyl (C=O) groups is 1. The van der Waals surface area contributed by atoms with Crippen LogP contribution < -0.4 is 9.47 Å². The van der Waals surface area contributed by atoms with E-state index >= 15 is 0 Å². The van der Waals surface area contributed by atoms with Gasteiger partial charge in [-0.2, -0.15) is 0 Å². The second-order valence-corrected chi connectivity index (χ2v) is 3.99. The monoisotopic (exact) mass is 248 g/mol. The van der Waals surface area contributed by atoms with E-state index in [0.717, 1.165) is 12.0 Å². The van der Waals surface area contributed by atoms with Crippen LogP contribution in [0.3, 0.4) is 0 Å². The van der Waals surface area contributed by atoms with Crippen LogP contribution in [-0.2, 0) is 16.0 Å². The van der Waals surface area contributed by atoms with Gasteiger partial charge in [0.2, 0.25) is 5.78 Å². The minimum Gasteiger partial charge on any atom is -0.493 e. The van der Waals surface area contributed by atoms with Crippen LogP contribution in [0.15, 0.2) is 30.0 Å². The molecule has 0 atom stereocenters. The summed E-state index contributed by atoms with van der Waals surface area (Å²) in [5.74, 6) is 1.76. The number of allylic oxidation sites excluding steroid dienone is 1. The van der Waals surface area contributed by atoms with E-state index in [4.69, 9.17) is 14.2 Å². The van der Waals surface area contributed by atoms with Crippen LogP contribution in [0.25, 0.3) is 0 Å². The second-order valence-electron chi connectivity index (χ2n) is 3.99. The first-order valence-corrected chi connectivity index (χ1v) is 5.81. The van der Waals surface area contributed by atoms with E-state index in [-0.39, 0.29) is 5.78 Å². The van der Waals surface area contributed by atoms with E-state index in [9.17, 15) is 4.79 Å². The molecular formula is C14H16O4. The third kappa shape index (κ3) is 2.64. The largest absolute Gasteiger partial charge is 0.493 e. The molecule has 0 aromatic heterocycles. The van der Waals surface area contributed by atoms with Crippen molar-refractivity contribution < 1.29 is 19.0 Å². The smallest absolute Gasteiger partial charge is 0.201 e. The van der Waals surface area contributed by atoms with Crippen LogP contribution in [0, 0.1) is 0 Å². The number of carbonyl (C=O) groups excluding carboxylic acids is 1. The van der Waals surface area contributed by atoms with Crippen LogP contribution in [0.2, 0.25) is 0 Å². The molecule has 0 amide bonds. The Kier molecular flexibility index (Phi) is 3.87. The molecule has 0 fully saturated rings. The Morgan fingerprint density at radius 2 is 2.06 bits per heavy atom. The molecule has 18 heavy (non-hydrogen) atoms. The Morgan fingerprint density at radius 3 is 2.67 bits per heavy atom. The molecule has 0 aliphatic carbocycles. The summed E-state index contributed by atoms with van der Waals surface area (Å²) >= 11 is 0. The first-order chi connectivity index (χ1) is 8.74. The number of hydrogen-bond acceptors (Lipinski definition) is 4. The SMILES string of the molecule is COc1ccc(CC(=O)C2=CCCO2)cc1OC. The van der Waals surface area contributed by atoms with Crippen LogP contribution in [0.4, 0.5) is 0 Å². The fourth-order valence-electron chi connectivity index (χ4n) is 1.88. The standard InChI is InChI=1S/C14H16O4/c1-16-13-6-5-10(9-14(13)17-2)8-11(15)12-4-3-7-18-12/h4-6,9H,3,7-8H2,1-2H3. The van der Waals surface area contributed by atoms with Crippen LogP contribution in [-0.4, -0.2) is 26.6 Å². The highest BCUT2D eigenvalue weighted by Gasteiger charge is 2.16. The van der Waals surface area contributed by atoms with Crippen LogP contribution in [0.1, 0.15) is 12.0 Å². The third-order valence-electron chi connectivity index (χ3n) is 2.79. The van der Waals surface area contributed by atoms with Gasteiger partial charge in [0.15, 0.2) is 17.3 Å². The second kappa shape index (κ2) is 5.58. The van der Waals surface area contributed by atoms with Crippen molar-refractivity contribution in [3.63, 3.8) is 0 Å². The molecule has 4 nitrogen and oxygen atoms in total. The molecule has 0 saturated carbocycles. The van der Waals surface area contributed by atoms with Gasteiger partial charge < -0.3 is 14.2 Å². The zero-order valence-corrected chi connectivity index (χ0v) is 10.6. The highest BCUT2D eigenvalue weighted by atomic mass is 16.5. The summed E-state index contributed by atoms with van der Waals surface area (Å²) < 4.78 is 15.6.